The summed E-state index contributed by atoms with van der Waals surface area (Å²) in [5, 5.41) is 16.8. The fourth-order valence-electron chi connectivity index (χ4n) is 2.53. The molecule has 1 aromatic heterocycles. The van der Waals surface area contributed by atoms with Crippen LogP contribution in [0, 0.1) is 15.9 Å². The van der Waals surface area contributed by atoms with Gasteiger partial charge in [0.15, 0.2) is 0 Å². The number of halogens is 1. The van der Waals surface area contributed by atoms with Gasteiger partial charge in [0.1, 0.15) is 5.82 Å². The van der Waals surface area contributed by atoms with E-state index in [4.69, 9.17) is 10.5 Å². The number of nitro groups is 1. The molecular formula is C15H17FN6O3. The van der Waals surface area contributed by atoms with E-state index in [9.17, 15) is 14.5 Å². The number of hydrogen-bond acceptors (Lipinski definition) is 8. The van der Waals surface area contributed by atoms with E-state index in [0.717, 1.165) is 12.8 Å². The summed E-state index contributed by atoms with van der Waals surface area (Å²) in [4.78, 5) is 18.5. The lowest BCUT2D eigenvalue weighted by molar-refractivity contribution is -0.383. The van der Waals surface area contributed by atoms with E-state index in [1.165, 1.54) is 12.1 Å². The maximum atomic E-state index is 13.7. The molecule has 9 nitrogen and oxygen atoms in total. The molecule has 0 aliphatic carbocycles. The van der Waals surface area contributed by atoms with Crippen molar-refractivity contribution in [2.24, 2.45) is 0 Å². The van der Waals surface area contributed by atoms with E-state index in [1.807, 2.05) is 0 Å². The van der Waals surface area contributed by atoms with Gasteiger partial charge in [0.05, 0.1) is 16.7 Å². The van der Waals surface area contributed by atoms with Crippen LogP contribution in [0.4, 0.5) is 33.3 Å². The van der Waals surface area contributed by atoms with Crippen molar-refractivity contribution in [3.05, 3.63) is 40.2 Å². The summed E-state index contributed by atoms with van der Waals surface area (Å²) in [6.45, 7) is 1.02. The molecule has 0 saturated carbocycles. The lowest BCUT2D eigenvalue weighted by atomic mass is 10.2. The highest BCUT2D eigenvalue weighted by molar-refractivity contribution is 5.71. The number of anilines is 4. The first-order valence-electron chi connectivity index (χ1n) is 7.73. The minimum atomic E-state index is -0.653. The Hall–Kier alpha value is -3.01. The fourth-order valence-corrected chi connectivity index (χ4v) is 2.53. The zero-order valence-corrected chi connectivity index (χ0v) is 13.2. The van der Waals surface area contributed by atoms with Gasteiger partial charge >= 0.3 is 5.69 Å². The molecule has 1 saturated heterocycles. The number of ether oxygens (including phenoxy) is 1. The van der Waals surface area contributed by atoms with E-state index < -0.39 is 16.4 Å². The van der Waals surface area contributed by atoms with Crippen molar-refractivity contribution in [3.8, 4) is 0 Å². The number of aromatic nitrogens is 2. The summed E-state index contributed by atoms with van der Waals surface area (Å²) in [5.74, 6) is -0.888. The quantitative estimate of drug-likeness (QED) is 0.536. The molecule has 0 amide bonds. The standard InChI is InChI=1S/C15H17FN6O3/c16-10-5-1-2-6-11(10)19-15-20-13(17)12(22(23)24)14(21-15)18-8-9-4-3-7-25-9/h1-2,5-6,9H,3-4,7-8H2,(H4,17,18,19,20,21)/t9-/m1/s1. The summed E-state index contributed by atoms with van der Waals surface area (Å²) in [6, 6.07) is 5.94. The maximum Gasteiger partial charge on any atom is 0.353 e. The van der Waals surface area contributed by atoms with Crippen molar-refractivity contribution >= 4 is 29.0 Å². The Labute approximate surface area is 142 Å². The highest BCUT2D eigenvalue weighted by Gasteiger charge is 2.25. The normalized spacial score (nSPS) is 16.6. The SMILES string of the molecule is Nc1nc(Nc2ccccc2F)nc(NC[C@H]2CCCO2)c1[N+](=O)[O-]. The Morgan fingerprint density at radius 3 is 2.88 bits per heavy atom. The van der Waals surface area contributed by atoms with Gasteiger partial charge in [-0.1, -0.05) is 12.1 Å². The third-order valence-corrected chi connectivity index (χ3v) is 3.74. The van der Waals surface area contributed by atoms with Crippen LogP contribution in [0.1, 0.15) is 12.8 Å². The third kappa shape index (κ3) is 3.91. The third-order valence-electron chi connectivity index (χ3n) is 3.74. The van der Waals surface area contributed by atoms with Crippen LogP contribution in [0.25, 0.3) is 0 Å². The molecule has 4 N–H and O–H groups in total. The van der Waals surface area contributed by atoms with Crippen LogP contribution < -0.4 is 16.4 Å². The van der Waals surface area contributed by atoms with Gasteiger partial charge in [-0.3, -0.25) is 10.1 Å². The predicted molar refractivity (Wildman–Crippen MR) is 90.2 cm³/mol. The van der Waals surface area contributed by atoms with Gasteiger partial charge in [-0.05, 0) is 25.0 Å². The fraction of sp³-hybridized carbons (Fsp3) is 0.333. The number of hydrogen-bond donors (Lipinski definition) is 3. The number of nitrogens with one attached hydrogen (secondary N) is 2. The number of nitrogen functional groups attached to an aromatic ring is 1. The van der Waals surface area contributed by atoms with E-state index >= 15 is 0 Å². The highest BCUT2D eigenvalue weighted by atomic mass is 19.1. The Morgan fingerprint density at radius 2 is 2.20 bits per heavy atom. The number of nitrogens with zero attached hydrogens (tertiary/aromatic N) is 3. The monoisotopic (exact) mass is 348 g/mol. The van der Waals surface area contributed by atoms with Crippen LogP contribution in [0.2, 0.25) is 0 Å². The first-order valence-corrected chi connectivity index (χ1v) is 7.73. The highest BCUT2D eigenvalue weighted by Crippen LogP contribution is 2.30. The Balaban J connectivity index is 1.86. The van der Waals surface area contributed by atoms with Crippen LogP contribution in [0.3, 0.4) is 0 Å². The minimum absolute atomic E-state index is 0.0353. The molecule has 25 heavy (non-hydrogen) atoms. The number of para-hydroxylation sites is 1. The van der Waals surface area contributed by atoms with Crippen LogP contribution in [0.15, 0.2) is 24.3 Å². The van der Waals surface area contributed by atoms with Crippen molar-refractivity contribution in [1.29, 1.82) is 0 Å². The summed E-state index contributed by atoms with van der Waals surface area (Å²) < 4.78 is 19.2. The molecule has 1 aliphatic heterocycles. The molecule has 2 aromatic rings. The minimum Gasteiger partial charge on any atom is -0.378 e. The maximum absolute atomic E-state index is 13.7. The molecule has 2 heterocycles. The second kappa shape index (κ2) is 7.26. The molecule has 0 bridgehead atoms. The average molecular weight is 348 g/mol. The largest absolute Gasteiger partial charge is 0.378 e. The van der Waals surface area contributed by atoms with Crippen molar-refractivity contribution < 1.29 is 14.1 Å². The summed E-state index contributed by atoms with van der Waals surface area (Å²) in [6.07, 6.45) is 1.76. The average Bonchev–Trinajstić information content (AvgIpc) is 3.08. The Bertz CT molecular complexity index is 782. The number of rotatable bonds is 6. The topological polar surface area (TPSA) is 128 Å². The molecule has 10 heteroatoms. The van der Waals surface area contributed by atoms with Gasteiger partial charge in [-0.15, -0.1) is 0 Å². The molecule has 1 aromatic carbocycles. The van der Waals surface area contributed by atoms with E-state index in [0.29, 0.717) is 13.2 Å². The van der Waals surface area contributed by atoms with Crippen molar-refractivity contribution in [2.75, 3.05) is 29.5 Å². The molecule has 1 aliphatic rings. The molecule has 132 valence electrons. The van der Waals surface area contributed by atoms with E-state index in [1.54, 1.807) is 12.1 Å². The van der Waals surface area contributed by atoms with Gasteiger partial charge in [0.2, 0.25) is 17.6 Å². The Morgan fingerprint density at radius 1 is 1.40 bits per heavy atom. The van der Waals surface area contributed by atoms with Crippen molar-refractivity contribution in [1.82, 2.24) is 9.97 Å². The summed E-state index contributed by atoms with van der Waals surface area (Å²) in [7, 11) is 0. The molecule has 0 unspecified atom stereocenters. The van der Waals surface area contributed by atoms with Crippen molar-refractivity contribution in [3.63, 3.8) is 0 Å². The van der Waals surface area contributed by atoms with Crippen LogP contribution in [-0.4, -0.2) is 34.1 Å². The van der Waals surface area contributed by atoms with Crippen LogP contribution in [0.5, 0.6) is 0 Å². The zero-order valence-electron chi connectivity index (χ0n) is 13.2. The Kier molecular flexibility index (Phi) is 4.89. The molecule has 1 fully saturated rings. The summed E-state index contributed by atoms with van der Waals surface area (Å²) in [5.41, 5.74) is 5.42. The second-order valence-corrected chi connectivity index (χ2v) is 5.51. The van der Waals surface area contributed by atoms with Crippen LogP contribution >= 0.6 is 0 Å². The second-order valence-electron chi connectivity index (χ2n) is 5.51. The molecule has 0 radical (unpaired) electrons. The van der Waals surface area contributed by atoms with E-state index in [2.05, 4.69) is 20.6 Å². The van der Waals surface area contributed by atoms with Gasteiger partial charge in [-0.25, -0.2) is 4.39 Å². The van der Waals surface area contributed by atoms with E-state index in [-0.39, 0.29) is 29.4 Å². The predicted octanol–water partition coefficient (Wildman–Crippen LogP) is 2.44. The lowest BCUT2D eigenvalue weighted by Gasteiger charge is -2.13. The smallest absolute Gasteiger partial charge is 0.353 e. The van der Waals surface area contributed by atoms with Gasteiger partial charge < -0.3 is 21.1 Å². The van der Waals surface area contributed by atoms with Gasteiger partial charge in [-0.2, -0.15) is 9.97 Å². The first kappa shape index (κ1) is 16.8. The molecular weight excluding hydrogens is 331 g/mol. The van der Waals surface area contributed by atoms with Crippen molar-refractivity contribution in [2.45, 2.75) is 18.9 Å². The van der Waals surface area contributed by atoms with Gasteiger partial charge in [0, 0.05) is 13.2 Å². The number of benzene rings is 1. The first-order chi connectivity index (χ1) is 12.0. The molecule has 0 spiro atoms. The number of nitrogens with two attached hydrogens (primary N) is 1. The lowest BCUT2D eigenvalue weighted by Crippen LogP contribution is -2.20. The summed E-state index contributed by atoms with van der Waals surface area (Å²) >= 11 is 0. The zero-order chi connectivity index (χ0) is 17.8. The molecule has 3 rings (SSSR count). The van der Waals surface area contributed by atoms with Crippen LogP contribution in [-0.2, 0) is 4.74 Å². The molecule has 1 atom stereocenters. The van der Waals surface area contributed by atoms with Gasteiger partial charge in [0.25, 0.3) is 0 Å².